The fraction of sp³-hybridized carbons (Fsp3) is 0.267. The first-order chi connectivity index (χ1) is 10.8. The molecule has 1 saturated heterocycles. The molecule has 0 spiro atoms. The molecular weight excluding hydrogens is 282 g/mol. The van der Waals surface area contributed by atoms with E-state index in [4.69, 9.17) is 4.74 Å². The van der Waals surface area contributed by atoms with Crippen LogP contribution < -0.4 is 20.3 Å². The van der Waals surface area contributed by atoms with Crippen LogP contribution in [0.3, 0.4) is 0 Å². The Bertz CT molecular complexity index is 643. The molecule has 7 nitrogen and oxygen atoms in total. The van der Waals surface area contributed by atoms with Gasteiger partial charge in [0.15, 0.2) is 0 Å². The third-order valence-electron chi connectivity index (χ3n) is 3.45. The molecule has 0 bridgehead atoms. The third-order valence-corrected chi connectivity index (χ3v) is 3.45. The summed E-state index contributed by atoms with van der Waals surface area (Å²) in [6.45, 7) is 1.44. The summed E-state index contributed by atoms with van der Waals surface area (Å²) >= 11 is 0. The van der Waals surface area contributed by atoms with Crippen LogP contribution in [-0.4, -0.2) is 42.2 Å². The SMILES string of the molecule is COc1ccccc1NC(=O)NC1CN(c2cnccn2)C1. The van der Waals surface area contributed by atoms with Gasteiger partial charge in [-0.15, -0.1) is 0 Å². The fourth-order valence-corrected chi connectivity index (χ4v) is 2.30. The number of ether oxygens (including phenoxy) is 1. The smallest absolute Gasteiger partial charge is 0.319 e. The van der Waals surface area contributed by atoms with Gasteiger partial charge in [0.25, 0.3) is 0 Å². The predicted octanol–water partition coefficient (Wildman–Crippen LogP) is 1.50. The molecule has 2 aromatic rings. The van der Waals surface area contributed by atoms with Crippen LogP contribution in [0.15, 0.2) is 42.9 Å². The first-order valence-corrected chi connectivity index (χ1v) is 6.98. The van der Waals surface area contributed by atoms with Gasteiger partial charge in [-0.2, -0.15) is 0 Å². The van der Waals surface area contributed by atoms with Gasteiger partial charge in [-0.25, -0.2) is 9.78 Å². The summed E-state index contributed by atoms with van der Waals surface area (Å²) in [5, 5.41) is 5.71. The average Bonchev–Trinajstić information content (AvgIpc) is 2.52. The van der Waals surface area contributed by atoms with E-state index in [1.165, 1.54) is 0 Å². The number of nitrogens with one attached hydrogen (secondary N) is 2. The van der Waals surface area contributed by atoms with Crippen LogP contribution >= 0.6 is 0 Å². The molecule has 3 rings (SSSR count). The van der Waals surface area contributed by atoms with Crippen LogP contribution in [-0.2, 0) is 0 Å². The van der Waals surface area contributed by atoms with Gasteiger partial charge in [-0.05, 0) is 12.1 Å². The van der Waals surface area contributed by atoms with Gasteiger partial charge in [0.2, 0.25) is 0 Å². The molecule has 1 aliphatic heterocycles. The lowest BCUT2D eigenvalue weighted by molar-refractivity contribution is 0.245. The Kier molecular flexibility index (Phi) is 4.04. The van der Waals surface area contributed by atoms with E-state index >= 15 is 0 Å². The molecule has 2 heterocycles. The third kappa shape index (κ3) is 3.08. The summed E-state index contributed by atoms with van der Waals surface area (Å²) in [5.74, 6) is 1.46. The summed E-state index contributed by atoms with van der Waals surface area (Å²) < 4.78 is 5.20. The van der Waals surface area contributed by atoms with Gasteiger partial charge < -0.3 is 20.3 Å². The number of methoxy groups -OCH3 is 1. The van der Waals surface area contributed by atoms with Crippen molar-refractivity contribution in [2.75, 3.05) is 30.4 Å². The van der Waals surface area contributed by atoms with E-state index in [0.717, 1.165) is 18.9 Å². The lowest BCUT2D eigenvalue weighted by Crippen LogP contribution is -2.60. The largest absolute Gasteiger partial charge is 0.495 e. The number of urea groups is 1. The number of hydrogen-bond acceptors (Lipinski definition) is 5. The second kappa shape index (κ2) is 6.30. The van der Waals surface area contributed by atoms with Crippen LogP contribution in [0, 0.1) is 0 Å². The maximum Gasteiger partial charge on any atom is 0.319 e. The van der Waals surface area contributed by atoms with Gasteiger partial charge in [0, 0.05) is 25.5 Å². The molecule has 1 aromatic heterocycles. The molecule has 0 saturated carbocycles. The topological polar surface area (TPSA) is 79.4 Å². The molecule has 0 radical (unpaired) electrons. The number of nitrogens with zero attached hydrogens (tertiary/aromatic N) is 3. The summed E-state index contributed by atoms with van der Waals surface area (Å²) in [5.41, 5.74) is 0.646. The van der Waals surface area contributed by atoms with Crippen molar-refractivity contribution in [3.63, 3.8) is 0 Å². The van der Waals surface area contributed by atoms with Crippen molar-refractivity contribution in [2.24, 2.45) is 0 Å². The maximum absolute atomic E-state index is 12.0. The van der Waals surface area contributed by atoms with E-state index in [2.05, 4.69) is 25.5 Å². The van der Waals surface area contributed by atoms with E-state index in [1.54, 1.807) is 37.8 Å². The minimum absolute atomic E-state index is 0.0942. The van der Waals surface area contributed by atoms with Crippen molar-refractivity contribution in [1.29, 1.82) is 0 Å². The van der Waals surface area contributed by atoms with Crippen molar-refractivity contribution < 1.29 is 9.53 Å². The van der Waals surface area contributed by atoms with Crippen LogP contribution in [0.2, 0.25) is 0 Å². The predicted molar refractivity (Wildman–Crippen MR) is 83.2 cm³/mol. The Morgan fingerprint density at radius 1 is 1.32 bits per heavy atom. The van der Waals surface area contributed by atoms with Gasteiger partial charge in [-0.1, -0.05) is 12.1 Å². The molecule has 1 aromatic carbocycles. The molecule has 0 atom stereocenters. The molecule has 22 heavy (non-hydrogen) atoms. The van der Waals surface area contributed by atoms with E-state index in [0.29, 0.717) is 11.4 Å². The fourth-order valence-electron chi connectivity index (χ4n) is 2.30. The van der Waals surface area contributed by atoms with Gasteiger partial charge in [-0.3, -0.25) is 4.98 Å². The van der Waals surface area contributed by atoms with Gasteiger partial charge in [0.1, 0.15) is 11.6 Å². The quantitative estimate of drug-likeness (QED) is 0.894. The summed E-state index contributed by atoms with van der Waals surface area (Å²) in [4.78, 5) is 22.3. The zero-order chi connectivity index (χ0) is 15.4. The van der Waals surface area contributed by atoms with E-state index < -0.39 is 0 Å². The van der Waals surface area contributed by atoms with Crippen LogP contribution in [0.1, 0.15) is 0 Å². The number of hydrogen-bond donors (Lipinski definition) is 2. The summed E-state index contributed by atoms with van der Waals surface area (Å²) in [7, 11) is 1.57. The van der Waals surface area contributed by atoms with E-state index in [9.17, 15) is 4.79 Å². The first kappa shape index (κ1) is 14.1. The number of benzene rings is 1. The molecule has 114 valence electrons. The summed E-state index contributed by atoms with van der Waals surface area (Å²) in [6.07, 6.45) is 5.01. The molecule has 0 aliphatic carbocycles. The highest BCUT2D eigenvalue weighted by Gasteiger charge is 2.29. The molecule has 1 fully saturated rings. The monoisotopic (exact) mass is 299 g/mol. The molecule has 1 aliphatic rings. The second-order valence-electron chi connectivity index (χ2n) is 4.96. The maximum atomic E-state index is 12.0. The van der Waals surface area contributed by atoms with Gasteiger partial charge >= 0.3 is 6.03 Å². The van der Waals surface area contributed by atoms with Crippen molar-refractivity contribution in [2.45, 2.75) is 6.04 Å². The minimum atomic E-state index is -0.242. The molecule has 0 unspecified atom stereocenters. The Balaban J connectivity index is 1.50. The second-order valence-corrected chi connectivity index (χ2v) is 4.96. The molecule has 2 N–H and O–H groups in total. The highest BCUT2D eigenvalue weighted by atomic mass is 16.5. The highest BCUT2D eigenvalue weighted by Crippen LogP contribution is 2.23. The normalized spacial score (nSPS) is 14.1. The zero-order valence-corrected chi connectivity index (χ0v) is 12.2. The first-order valence-electron chi connectivity index (χ1n) is 6.98. The lowest BCUT2D eigenvalue weighted by Gasteiger charge is -2.40. The van der Waals surface area contributed by atoms with Crippen molar-refractivity contribution >= 4 is 17.5 Å². The average molecular weight is 299 g/mol. The number of para-hydroxylation sites is 2. The van der Waals surface area contributed by atoms with Crippen molar-refractivity contribution in [3.8, 4) is 5.75 Å². The van der Waals surface area contributed by atoms with Gasteiger partial charge in [0.05, 0.1) is 25.0 Å². The summed E-state index contributed by atoms with van der Waals surface area (Å²) in [6, 6.07) is 7.15. The molecular formula is C15H17N5O2. The van der Waals surface area contributed by atoms with Crippen molar-refractivity contribution in [3.05, 3.63) is 42.9 Å². The van der Waals surface area contributed by atoms with E-state index in [1.807, 2.05) is 12.1 Å². The lowest BCUT2D eigenvalue weighted by atomic mass is 10.1. The Hall–Kier alpha value is -2.83. The van der Waals surface area contributed by atoms with E-state index in [-0.39, 0.29) is 12.1 Å². The number of aromatic nitrogens is 2. The van der Waals surface area contributed by atoms with Crippen molar-refractivity contribution in [1.82, 2.24) is 15.3 Å². The van der Waals surface area contributed by atoms with Crippen LogP contribution in [0.4, 0.5) is 16.3 Å². The van der Waals surface area contributed by atoms with Crippen LogP contribution in [0.5, 0.6) is 5.75 Å². The Labute approximate surface area is 128 Å². The minimum Gasteiger partial charge on any atom is -0.495 e. The molecule has 7 heteroatoms. The number of amides is 2. The highest BCUT2D eigenvalue weighted by molar-refractivity contribution is 5.91. The molecule has 2 amide bonds. The van der Waals surface area contributed by atoms with Crippen LogP contribution in [0.25, 0.3) is 0 Å². The number of carbonyl (C=O) groups excluding carboxylic acids is 1. The zero-order valence-electron chi connectivity index (χ0n) is 12.2. The Morgan fingerprint density at radius 3 is 2.86 bits per heavy atom. The number of carbonyl (C=O) groups is 1. The Morgan fingerprint density at radius 2 is 2.14 bits per heavy atom. The standard InChI is InChI=1S/C15H17N5O2/c1-22-13-5-3-2-4-12(13)19-15(21)18-11-9-20(10-11)14-8-16-6-7-17-14/h2-8,11H,9-10H2,1H3,(H2,18,19,21). The number of rotatable bonds is 4. The number of anilines is 2.